The van der Waals surface area contributed by atoms with Crippen molar-refractivity contribution in [2.45, 2.75) is 83.1 Å². The van der Waals surface area contributed by atoms with Gasteiger partial charge >= 0.3 is 0 Å². The van der Waals surface area contributed by atoms with Gasteiger partial charge in [-0.15, -0.1) is 0 Å². The number of hydrogen-bond donors (Lipinski definition) is 2. The first-order valence-corrected chi connectivity index (χ1v) is 8.63. The Kier molecular flexibility index (Phi) is 5.20. The van der Waals surface area contributed by atoms with E-state index in [1.54, 1.807) is 0 Å². The van der Waals surface area contributed by atoms with E-state index in [2.05, 4.69) is 25.8 Å². The molecule has 3 N–H and O–H groups in total. The summed E-state index contributed by atoms with van der Waals surface area (Å²) in [5.41, 5.74) is 5.10. The first-order chi connectivity index (χ1) is 10.1. The highest BCUT2D eigenvalue weighted by Crippen LogP contribution is 2.39. The number of carbonyl (C=O) groups excluding carboxylic acids is 1. The zero-order valence-electron chi connectivity index (χ0n) is 14.7. The van der Waals surface area contributed by atoms with Gasteiger partial charge in [-0.05, 0) is 60.4 Å². The number of nitrogens with two attached hydrogens (primary N) is 1. The van der Waals surface area contributed by atoms with Gasteiger partial charge in [0.2, 0.25) is 5.91 Å². The topological polar surface area (TPSA) is 69.8 Å². The minimum atomic E-state index is -0.784. The van der Waals surface area contributed by atoms with Gasteiger partial charge in [0.05, 0.1) is 11.6 Å². The monoisotopic (exact) mass is 311 g/mol. The van der Waals surface area contributed by atoms with Crippen molar-refractivity contribution in [1.82, 2.24) is 9.80 Å². The molecular formula is C17H33N3O2. The van der Waals surface area contributed by atoms with Crippen molar-refractivity contribution in [3.05, 3.63) is 0 Å². The minimum Gasteiger partial charge on any atom is -0.390 e. The van der Waals surface area contributed by atoms with Crippen molar-refractivity contribution in [3.8, 4) is 0 Å². The molecule has 0 spiro atoms. The molecule has 0 aromatic rings. The summed E-state index contributed by atoms with van der Waals surface area (Å²) < 4.78 is 0. The summed E-state index contributed by atoms with van der Waals surface area (Å²) in [5.74, 6) is 0.164. The second-order valence-electron chi connectivity index (χ2n) is 7.98. The van der Waals surface area contributed by atoms with E-state index in [-0.39, 0.29) is 23.9 Å². The van der Waals surface area contributed by atoms with Gasteiger partial charge in [-0.3, -0.25) is 4.79 Å². The summed E-state index contributed by atoms with van der Waals surface area (Å²) in [6, 6.07) is 0.737. The molecule has 2 rings (SSSR count). The Morgan fingerprint density at radius 3 is 2.41 bits per heavy atom. The fraction of sp³-hybridized carbons (Fsp3) is 0.941. The quantitative estimate of drug-likeness (QED) is 0.818. The standard InChI is InChI=1S/C17H33N3O2/c1-11(2)19(5)12-6-7-15(13(10-12)17(3,4)22)20-9-8-14(18)16(20)21/h11-15,22H,6-10,18H2,1-5H3/t12-,13+,14+,15+/m1/s1. The highest BCUT2D eigenvalue weighted by Gasteiger charge is 2.46. The summed E-state index contributed by atoms with van der Waals surface area (Å²) in [6.45, 7) is 8.90. The highest BCUT2D eigenvalue weighted by atomic mass is 16.3. The van der Waals surface area contributed by atoms with Crippen LogP contribution in [0.4, 0.5) is 0 Å². The molecule has 2 aliphatic rings. The van der Waals surface area contributed by atoms with Crippen LogP contribution in [0.1, 0.15) is 53.4 Å². The molecule has 1 aliphatic carbocycles. The van der Waals surface area contributed by atoms with E-state index in [4.69, 9.17) is 5.73 Å². The molecule has 1 saturated heterocycles. The van der Waals surface area contributed by atoms with Crippen LogP contribution in [-0.2, 0) is 4.79 Å². The van der Waals surface area contributed by atoms with Crippen LogP contribution in [0.15, 0.2) is 0 Å². The summed E-state index contributed by atoms with van der Waals surface area (Å²) in [7, 11) is 2.16. The van der Waals surface area contributed by atoms with Crippen LogP contribution in [0.5, 0.6) is 0 Å². The maximum absolute atomic E-state index is 12.3. The van der Waals surface area contributed by atoms with Gasteiger partial charge in [-0.1, -0.05) is 0 Å². The van der Waals surface area contributed by atoms with E-state index in [1.807, 2.05) is 18.7 Å². The maximum Gasteiger partial charge on any atom is 0.239 e. The van der Waals surface area contributed by atoms with Crippen LogP contribution in [0, 0.1) is 5.92 Å². The molecule has 0 bridgehead atoms. The molecule has 1 aliphatic heterocycles. The molecule has 22 heavy (non-hydrogen) atoms. The second-order valence-corrected chi connectivity index (χ2v) is 7.98. The molecule has 1 amide bonds. The third-order valence-electron chi connectivity index (χ3n) is 5.77. The Morgan fingerprint density at radius 2 is 1.95 bits per heavy atom. The Bertz CT molecular complexity index is 405. The first-order valence-electron chi connectivity index (χ1n) is 8.63. The molecule has 5 nitrogen and oxygen atoms in total. The third kappa shape index (κ3) is 3.47. The van der Waals surface area contributed by atoms with E-state index >= 15 is 0 Å². The number of hydrogen-bond acceptors (Lipinski definition) is 4. The lowest BCUT2D eigenvalue weighted by atomic mass is 9.72. The van der Waals surface area contributed by atoms with Crippen LogP contribution in [0.25, 0.3) is 0 Å². The van der Waals surface area contributed by atoms with E-state index in [0.29, 0.717) is 12.1 Å². The van der Waals surface area contributed by atoms with Crippen molar-refractivity contribution in [3.63, 3.8) is 0 Å². The average Bonchev–Trinajstić information content (AvgIpc) is 2.76. The van der Waals surface area contributed by atoms with Crippen LogP contribution in [-0.4, -0.2) is 64.2 Å². The summed E-state index contributed by atoms with van der Waals surface area (Å²) >= 11 is 0. The number of aliphatic hydroxyl groups is 1. The largest absolute Gasteiger partial charge is 0.390 e. The van der Waals surface area contributed by atoms with Gasteiger partial charge < -0.3 is 20.6 Å². The summed E-state index contributed by atoms with van der Waals surface area (Å²) in [5, 5.41) is 10.7. The molecule has 1 saturated carbocycles. The molecule has 1 heterocycles. The van der Waals surface area contributed by atoms with Crippen molar-refractivity contribution in [1.29, 1.82) is 0 Å². The molecule has 4 atom stereocenters. The fourth-order valence-corrected chi connectivity index (χ4v) is 4.11. The summed E-state index contributed by atoms with van der Waals surface area (Å²) in [6.07, 6.45) is 3.70. The molecular weight excluding hydrogens is 278 g/mol. The smallest absolute Gasteiger partial charge is 0.239 e. The van der Waals surface area contributed by atoms with Gasteiger partial charge in [0, 0.05) is 30.6 Å². The number of likely N-dealkylation sites (tertiary alicyclic amines) is 1. The zero-order chi connectivity index (χ0) is 16.7. The summed E-state index contributed by atoms with van der Waals surface area (Å²) in [4.78, 5) is 16.6. The maximum atomic E-state index is 12.3. The van der Waals surface area contributed by atoms with E-state index in [9.17, 15) is 9.90 Å². The van der Waals surface area contributed by atoms with Crippen molar-refractivity contribution >= 4 is 5.91 Å². The number of amides is 1. The SMILES string of the molecule is CC(C)N(C)[C@@H]1CC[C@H](N2CC[C@H](N)C2=O)[C@@H](C(C)(C)O)C1. The Morgan fingerprint density at radius 1 is 1.32 bits per heavy atom. The van der Waals surface area contributed by atoms with Gasteiger partial charge in [0.15, 0.2) is 0 Å². The third-order valence-corrected chi connectivity index (χ3v) is 5.77. The molecule has 0 aromatic heterocycles. The predicted octanol–water partition coefficient (Wildman–Crippen LogP) is 1.19. The lowest BCUT2D eigenvalue weighted by Gasteiger charge is -2.48. The Balaban J connectivity index is 2.16. The predicted molar refractivity (Wildman–Crippen MR) is 88.4 cm³/mol. The molecule has 5 heteroatoms. The van der Waals surface area contributed by atoms with E-state index in [0.717, 1.165) is 32.2 Å². The fourth-order valence-electron chi connectivity index (χ4n) is 4.11. The van der Waals surface area contributed by atoms with Gasteiger partial charge in [0.1, 0.15) is 0 Å². The van der Waals surface area contributed by atoms with Crippen LogP contribution >= 0.6 is 0 Å². The average molecular weight is 311 g/mol. The van der Waals surface area contributed by atoms with Crippen LogP contribution in [0.3, 0.4) is 0 Å². The molecule has 0 unspecified atom stereocenters. The van der Waals surface area contributed by atoms with Crippen molar-refractivity contribution in [2.24, 2.45) is 11.7 Å². The number of rotatable bonds is 4. The lowest BCUT2D eigenvalue weighted by molar-refractivity contribution is -0.136. The zero-order valence-corrected chi connectivity index (χ0v) is 14.7. The van der Waals surface area contributed by atoms with E-state index < -0.39 is 5.60 Å². The Labute approximate surface area is 134 Å². The van der Waals surface area contributed by atoms with E-state index in [1.165, 1.54) is 0 Å². The van der Waals surface area contributed by atoms with Crippen LogP contribution < -0.4 is 5.73 Å². The van der Waals surface area contributed by atoms with Gasteiger partial charge in [-0.25, -0.2) is 0 Å². The van der Waals surface area contributed by atoms with Gasteiger partial charge in [-0.2, -0.15) is 0 Å². The second kappa shape index (κ2) is 6.46. The molecule has 0 aromatic carbocycles. The number of carbonyl (C=O) groups is 1. The Hall–Kier alpha value is -0.650. The van der Waals surface area contributed by atoms with Crippen LogP contribution in [0.2, 0.25) is 0 Å². The minimum absolute atomic E-state index is 0.0647. The number of nitrogens with zero attached hydrogens (tertiary/aromatic N) is 2. The lowest BCUT2D eigenvalue weighted by Crippen LogP contribution is -2.56. The van der Waals surface area contributed by atoms with Crippen molar-refractivity contribution < 1.29 is 9.90 Å². The molecule has 128 valence electrons. The van der Waals surface area contributed by atoms with Crippen molar-refractivity contribution in [2.75, 3.05) is 13.6 Å². The molecule has 0 radical (unpaired) electrons. The highest BCUT2D eigenvalue weighted by molar-refractivity contribution is 5.84. The molecule has 2 fully saturated rings. The van der Waals surface area contributed by atoms with Gasteiger partial charge in [0.25, 0.3) is 0 Å². The normalized spacial score (nSPS) is 34.0. The first kappa shape index (κ1) is 17.7.